The molecule has 0 bridgehead atoms. The minimum atomic E-state index is 0.244. The first kappa shape index (κ1) is 12.4. The zero-order valence-electron chi connectivity index (χ0n) is 10.3. The molecule has 100 valence electrons. The van der Waals surface area contributed by atoms with E-state index in [2.05, 4.69) is 10.1 Å². The summed E-state index contributed by atoms with van der Waals surface area (Å²) >= 11 is 5.91. The van der Waals surface area contributed by atoms with Crippen molar-refractivity contribution in [1.82, 2.24) is 10.1 Å². The third-order valence-electron chi connectivity index (χ3n) is 3.02. The molecule has 1 heterocycles. The van der Waals surface area contributed by atoms with Gasteiger partial charge < -0.3 is 15.0 Å². The SMILES string of the molecule is NCc1cc(Cl)ccc1OCc1nc(C2CC2)no1. The molecule has 0 saturated heterocycles. The van der Waals surface area contributed by atoms with Gasteiger partial charge in [-0.15, -0.1) is 0 Å². The largest absolute Gasteiger partial charge is 0.483 e. The van der Waals surface area contributed by atoms with Gasteiger partial charge in [-0.2, -0.15) is 4.98 Å². The molecule has 2 aromatic rings. The van der Waals surface area contributed by atoms with E-state index in [0.29, 0.717) is 29.1 Å². The maximum Gasteiger partial charge on any atom is 0.264 e. The fraction of sp³-hybridized carbons (Fsp3) is 0.385. The van der Waals surface area contributed by atoms with E-state index in [1.165, 1.54) is 0 Å². The van der Waals surface area contributed by atoms with Gasteiger partial charge in [0, 0.05) is 23.0 Å². The Kier molecular flexibility index (Phi) is 3.40. The molecule has 0 atom stereocenters. The van der Waals surface area contributed by atoms with Gasteiger partial charge >= 0.3 is 0 Å². The number of hydrogen-bond acceptors (Lipinski definition) is 5. The third-order valence-corrected chi connectivity index (χ3v) is 3.25. The van der Waals surface area contributed by atoms with Crippen molar-refractivity contribution in [2.75, 3.05) is 0 Å². The Bertz CT molecular complexity index is 581. The fourth-order valence-corrected chi connectivity index (χ4v) is 2.02. The zero-order valence-corrected chi connectivity index (χ0v) is 11.1. The van der Waals surface area contributed by atoms with Gasteiger partial charge in [-0.1, -0.05) is 16.8 Å². The van der Waals surface area contributed by atoms with Crippen molar-refractivity contribution >= 4 is 11.6 Å². The molecule has 5 nitrogen and oxygen atoms in total. The topological polar surface area (TPSA) is 74.2 Å². The van der Waals surface area contributed by atoms with E-state index < -0.39 is 0 Å². The van der Waals surface area contributed by atoms with Crippen LogP contribution >= 0.6 is 11.6 Å². The van der Waals surface area contributed by atoms with Gasteiger partial charge in [0.25, 0.3) is 5.89 Å². The molecular formula is C13H14ClN3O2. The molecule has 1 fully saturated rings. The van der Waals surface area contributed by atoms with Crippen LogP contribution in [0, 0.1) is 0 Å². The number of aromatic nitrogens is 2. The molecule has 0 spiro atoms. The average molecular weight is 280 g/mol. The Morgan fingerprint density at radius 2 is 2.26 bits per heavy atom. The highest BCUT2D eigenvalue weighted by Crippen LogP contribution is 2.38. The van der Waals surface area contributed by atoms with Crippen molar-refractivity contribution in [3.63, 3.8) is 0 Å². The van der Waals surface area contributed by atoms with Crippen LogP contribution in [0.15, 0.2) is 22.7 Å². The molecule has 1 aliphatic carbocycles. The Labute approximate surface area is 115 Å². The molecule has 1 aromatic heterocycles. The van der Waals surface area contributed by atoms with Crippen molar-refractivity contribution in [3.8, 4) is 5.75 Å². The first-order valence-corrected chi connectivity index (χ1v) is 6.58. The zero-order chi connectivity index (χ0) is 13.2. The molecule has 0 aliphatic heterocycles. The number of hydrogen-bond donors (Lipinski definition) is 1. The van der Waals surface area contributed by atoms with Crippen molar-refractivity contribution in [2.24, 2.45) is 5.73 Å². The van der Waals surface area contributed by atoms with Crippen LogP contribution in [0.2, 0.25) is 5.02 Å². The lowest BCUT2D eigenvalue weighted by molar-refractivity contribution is 0.240. The van der Waals surface area contributed by atoms with Crippen LogP contribution < -0.4 is 10.5 Å². The molecule has 6 heteroatoms. The van der Waals surface area contributed by atoms with E-state index in [1.807, 2.05) is 0 Å². The van der Waals surface area contributed by atoms with Crippen LogP contribution in [0.1, 0.15) is 36.0 Å². The molecule has 1 aromatic carbocycles. The Balaban J connectivity index is 1.67. The minimum Gasteiger partial charge on any atom is -0.483 e. The standard InChI is InChI=1S/C13H14ClN3O2/c14-10-3-4-11(9(5-10)6-15)18-7-12-16-13(17-19-12)8-1-2-8/h3-5,8H,1-2,6-7,15H2. The van der Waals surface area contributed by atoms with Crippen molar-refractivity contribution in [2.45, 2.75) is 31.9 Å². The summed E-state index contributed by atoms with van der Waals surface area (Å²) in [7, 11) is 0. The highest BCUT2D eigenvalue weighted by Gasteiger charge is 2.28. The number of nitrogens with zero attached hydrogens (tertiary/aromatic N) is 2. The van der Waals surface area contributed by atoms with Crippen molar-refractivity contribution in [3.05, 3.63) is 40.5 Å². The second-order valence-electron chi connectivity index (χ2n) is 4.57. The number of ether oxygens (including phenoxy) is 1. The Hall–Kier alpha value is -1.59. The fourth-order valence-electron chi connectivity index (χ4n) is 1.82. The highest BCUT2D eigenvalue weighted by atomic mass is 35.5. The molecule has 3 rings (SSSR count). The lowest BCUT2D eigenvalue weighted by Gasteiger charge is -2.08. The van der Waals surface area contributed by atoms with Gasteiger partial charge in [0.1, 0.15) is 5.75 Å². The van der Waals surface area contributed by atoms with Crippen molar-refractivity contribution in [1.29, 1.82) is 0 Å². The van der Waals surface area contributed by atoms with E-state index in [-0.39, 0.29) is 6.61 Å². The lowest BCUT2D eigenvalue weighted by Crippen LogP contribution is -2.03. The maximum atomic E-state index is 5.91. The van der Waals surface area contributed by atoms with Crippen LogP contribution in [0.25, 0.3) is 0 Å². The second kappa shape index (κ2) is 5.19. The monoisotopic (exact) mass is 279 g/mol. The summed E-state index contributed by atoms with van der Waals surface area (Å²) < 4.78 is 10.8. The maximum absolute atomic E-state index is 5.91. The number of nitrogens with two attached hydrogens (primary N) is 1. The molecule has 0 unspecified atom stereocenters. The van der Waals surface area contributed by atoms with Gasteiger partial charge in [0.05, 0.1) is 0 Å². The number of benzene rings is 1. The highest BCUT2D eigenvalue weighted by molar-refractivity contribution is 6.30. The van der Waals surface area contributed by atoms with Gasteiger partial charge in [-0.3, -0.25) is 0 Å². The van der Waals surface area contributed by atoms with E-state index >= 15 is 0 Å². The second-order valence-corrected chi connectivity index (χ2v) is 5.00. The average Bonchev–Trinajstić information content (AvgIpc) is 3.17. The van der Waals surface area contributed by atoms with E-state index in [4.69, 9.17) is 26.6 Å². The molecule has 0 amide bonds. The van der Waals surface area contributed by atoms with E-state index in [0.717, 1.165) is 24.2 Å². The minimum absolute atomic E-state index is 0.244. The van der Waals surface area contributed by atoms with Crippen LogP contribution in [0.5, 0.6) is 5.75 Å². The summed E-state index contributed by atoms with van der Waals surface area (Å²) in [6.07, 6.45) is 2.29. The number of halogens is 1. The summed E-state index contributed by atoms with van der Waals surface area (Å²) in [5.74, 6) is 2.44. The summed E-state index contributed by atoms with van der Waals surface area (Å²) in [5.41, 5.74) is 6.51. The molecule has 0 radical (unpaired) electrons. The normalized spacial score (nSPS) is 14.6. The predicted molar refractivity (Wildman–Crippen MR) is 69.9 cm³/mol. The van der Waals surface area contributed by atoms with Crippen LogP contribution in [0.3, 0.4) is 0 Å². The summed E-state index contributed by atoms with van der Waals surface area (Å²) in [4.78, 5) is 4.30. The molecule has 1 saturated carbocycles. The van der Waals surface area contributed by atoms with Gasteiger partial charge in [0.2, 0.25) is 0 Å². The molecule has 2 N–H and O–H groups in total. The summed E-state index contributed by atoms with van der Waals surface area (Å²) in [6.45, 7) is 0.613. The Morgan fingerprint density at radius 3 is 3.00 bits per heavy atom. The van der Waals surface area contributed by atoms with Crippen LogP contribution in [-0.4, -0.2) is 10.1 Å². The van der Waals surface area contributed by atoms with Crippen molar-refractivity contribution < 1.29 is 9.26 Å². The van der Waals surface area contributed by atoms with Gasteiger partial charge in [0.15, 0.2) is 12.4 Å². The molecule has 1 aliphatic rings. The lowest BCUT2D eigenvalue weighted by atomic mass is 10.2. The Morgan fingerprint density at radius 1 is 1.42 bits per heavy atom. The van der Waals surface area contributed by atoms with Crippen LogP contribution in [-0.2, 0) is 13.2 Å². The predicted octanol–water partition coefficient (Wildman–Crippen LogP) is 2.64. The van der Waals surface area contributed by atoms with Crippen LogP contribution in [0.4, 0.5) is 0 Å². The summed E-state index contributed by atoms with van der Waals surface area (Å²) in [6, 6.07) is 5.35. The smallest absolute Gasteiger partial charge is 0.264 e. The first-order chi connectivity index (χ1) is 9.26. The van der Waals surface area contributed by atoms with Gasteiger partial charge in [-0.25, -0.2) is 0 Å². The summed E-state index contributed by atoms with van der Waals surface area (Å²) in [5, 5.41) is 4.58. The molecule has 19 heavy (non-hydrogen) atoms. The number of rotatable bonds is 5. The van der Waals surface area contributed by atoms with E-state index in [9.17, 15) is 0 Å². The first-order valence-electron chi connectivity index (χ1n) is 6.20. The van der Waals surface area contributed by atoms with E-state index in [1.54, 1.807) is 18.2 Å². The quantitative estimate of drug-likeness (QED) is 0.911. The molecular weight excluding hydrogens is 266 g/mol. The third kappa shape index (κ3) is 2.88. The van der Waals surface area contributed by atoms with Gasteiger partial charge in [-0.05, 0) is 31.0 Å².